The van der Waals surface area contributed by atoms with Gasteiger partial charge >= 0.3 is 0 Å². The van der Waals surface area contributed by atoms with Gasteiger partial charge in [0.2, 0.25) is 5.95 Å². The predicted molar refractivity (Wildman–Crippen MR) is 60.5 cm³/mol. The normalized spacial score (nSPS) is 17.9. The molecule has 5 nitrogen and oxygen atoms in total. The van der Waals surface area contributed by atoms with Gasteiger partial charge in [-0.2, -0.15) is 4.98 Å². The van der Waals surface area contributed by atoms with Crippen LogP contribution >= 0.6 is 0 Å². The minimum atomic E-state index is 0.478. The molecule has 1 aliphatic heterocycles. The van der Waals surface area contributed by atoms with Gasteiger partial charge in [-0.1, -0.05) is 6.92 Å². The molecule has 0 radical (unpaired) electrons. The van der Waals surface area contributed by atoms with Crippen molar-refractivity contribution in [1.82, 2.24) is 9.97 Å². The third-order valence-electron chi connectivity index (χ3n) is 2.88. The second-order valence-electron chi connectivity index (χ2n) is 4.05. The van der Waals surface area contributed by atoms with E-state index in [4.69, 9.17) is 5.84 Å². The van der Waals surface area contributed by atoms with Crippen LogP contribution in [0.15, 0.2) is 12.3 Å². The van der Waals surface area contributed by atoms with Gasteiger partial charge < -0.3 is 4.90 Å². The Morgan fingerprint density at radius 3 is 2.87 bits per heavy atom. The van der Waals surface area contributed by atoms with E-state index in [0.29, 0.717) is 5.95 Å². The monoisotopic (exact) mass is 207 g/mol. The van der Waals surface area contributed by atoms with Gasteiger partial charge in [-0.15, -0.1) is 0 Å². The first-order chi connectivity index (χ1) is 7.29. The van der Waals surface area contributed by atoms with Gasteiger partial charge in [0.05, 0.1) is 0 Å². The Hall–Kier alpha value is -1.36. The van der Waals surface area contributed by atoms with Crippen molar-refractivity contribution in [2.24, 2.45) is 11.8 Å². The molecule has 1 aliphatic rings. The first-order valence-corrected chi connectivity index (χ1v) is 5.34. The maximum Gasteiger partial charge on any atom is 0.239 e. The lowest BCUT2D eigenvalue weighted by Crippen LogP contribution is -2.33. The third-order valence-corrected chi connectivity index (χ3v) is 2.88. The summed E-state index contributed by atoms with van der Waals surface area (Å²) in [7, 11) is 0. The Balaban J connectivity index is 2.08. The van der Waals surface area contributed by atoms with Crippen LogP contribution in [0.1, 0.15) is 19.8 Å². The van der Waals surface area contributed by atoms with Crippen LogP contribution in [-0.4, -0.2) is 23.1 Å². The highest BCUT2D eigenvalue weighted by atomic mass is 15.3. The van der Waals surface area contributed by atoms with Crippen LogP contribution in [0.5, 0.6) is 0 Å². The molecule has 5 heteroatoms. The summed E-state index contributed by atoms with van der Waals surface area (Å²) in [6.45, 7) is 4.44. The van der Waals surface area contributed by atoms with E-state index in [9.17, 15) is 0 Å². The highest BCUT2D eigenvalue weighted by Crippen LogP contribution is 2.21. The molecule has 3 N–H and O–H groups in total. The highest BCUT2D eigenvalue weighted by molar-refractivity contribution is 5.42. The van der Waals surface area contributed by atoms with E-state index < -0.39 is 0 Å². The number of anilines is 2. The molecule has 1 fully saturated rings. The Labute approximate surface area is 89.7 Å². The Kier molecular flexibility index (Phi) is 3.01. The second kappa shape index (κ2) is 4.44. The van der Waals surface area contributed by atoms with Crippen LogP contribution in [0.4, 0.5) is 11.8 Å². The zero-order chi connectivity index (χ0) is 10.7. The minimum Gasteiger partial charge on any atom is -0.356 e. The second-order valence-corrected chi connectivity index (χ2v) is 4.05. The molecule has 1 saturated heterocycles. The summed E-state index contributed by atoms with van der Waals surface area (Å²) in [4.78, 5) is 10.6. The number of hydrogen-bond acceptors (Lipinski definition) is 5. The van der Waals surface area contributed by atoms with Crippen LogP contribution in [0, 0.1) is 5.92 Å². The maximum atomic E-state index is 5.28. The van der Waals surface area contributed by atoms with Crippen molar-refractivity contribution in [3.63, 3.8) is 0 Å². The lowest BCUT2D eigenvalue weighted by molar-refractivity contribution is 0.436. The number of aromatic nitrogens is 2. The van der Waals surface area contributed by atoms with E-state index in [1.54, 1.807) is 6.20 Å². The fourth-order valence-electron chi connectivity index (χ4n) is 1.83. The fraction of sp³-hybridized carbons (Fsp3) is 0.600. The average molecular weight is 207 g/mol. The predicted octanol–water partition coefficient (Wildman–Crippen LogP) is 0.999. The van der Waals surface area contributed by atoms with Crippen LogP contribution in [0.3, 0.4) is 0 Å². The number of nitrogens with two attached hydrogens (primary N) is 1. The van der Waals surface area contributed by atoms with Crippen molar-refractivity contribution in [3.05, 3.63) is 12.3 Å². The Bertz CT molecular complexity index is 319. The zero-order valence-corrected chi connectivity index (χ0v) is 8.98. The largest absolute Gasteiger partial charge is 0.356 e. The molecule has 82 valence electrons. The maximum absolute atomic E-state index is 5.28. The van der Waals surface area contributed by atoms with E-state index in [0.717, 1.165) is 24.8 Å². The molecule has 0 aliphatic carbocycles. The van der Waals surface area contributed by atoms with Crippen LogP contribution in [0.2, 0.25) is 0 Å². The molecule has 0 saturated carbocycles. The van der Waals surface area contributed by atoms with Crippen LogP contribution < -0.4 is 16.2 Å². The van der Waals surface area contributed by atoms with Crippen LogP contribution in [0.25, 0.3) is 0 Å². The average Bonchev–Trinajstić information content (AvgIpc) is 2.30. The van der Waals surface area contributed by atoms with E-state index in [1.165, 1.54) is 12.8 Å². The number of hydrogen-bond donors (Lipinski definition) is 2. The number of piperidine rings is 1. The molecule has 0 unspecified atom stereocenters. The first-order valence-electron chi connectivity index (χ1n) is 5.34. The summed E-state index contributed by atoms with van der Waals surface area (Å²) in [6.07, 6.45) is 4.19. The van der Waals surface area contributed by atoms with Crippen LogP contribution in [-0.2, 0) is 0 Å². The van der Waals surface area contributed by atoms with E-state index in [1.807, 2.05) is 6.07 Å². The number of nitrogens with zero attached hydrogens (tertiary/aromatic N) is 3. The smallest absolute Gasteiger partial charge is 0.239 e. The molecule has 0 bridgehead atoms. The van der Waals surface area contributed by atoms with Crippen molar-refractivity contribution < 1.29 is 0 Å². The van der Waals surface area contributed by atoms with Crippen molar-refractivity contribution in [2.45, 2.75) is 19.8 Å². The molecular formula is C10H17N5. The molecule has 0 amide bonds. The summed E-state index contributed by atoms with van der Waals surface area (Å²) in [5, 5.41) is 0. The number of nitrogen functional groups attached to an aromatic ring is 1. The summed E-state index contributed by atoms with van der Waals surface area (Å²) < 4.78 is 0. The van der Waals surface area contributed by atoms with Gasteiger partial charge in [-0.25, -0.2) is 10.8 Å². The van der Waals surface area contributed by atoms with Crippen molar-refractivity contribution >= 4 is 11.8 Å². The molecule has 0 spiro atoms. The number of rotatable bonds is 2. The van der Waals surface area contributed by atoms with Gasteiger partial charge in [0.25, 0.3) is 0 Å². The molecule has 1 aromatic rings. The van der Waals surface area contributed by atoms with Crippen molar-refractivity contribution in [3.8, 4) is 0 Å². The van der Waals surface area contributed by atoms with E-state index >= 15 is 0 Å². The topological polar surface area (TPSA) is 67.1 Å². The molecule has 1 aromatic heterocycles. The minimum absolute atomic E-state index is 0.478. The molecule has 0 aromatic carbocycles. The summed E-state index contributed by atoms with van der Waals surface area (Å²) in [6, 6.07) is 1.93. The summed E-state index contributed by atoms with van der Waals surface area (Å²) in [5.41, 5.74) is 2.47. The zero-order valence-electron chi connectivity index (χ0n) is 8.98. The summed E-state index contributed by atoms with van der Waals surface area (Å²) in [5.74, 6) is 7.55. The van der Waals surface area contributed by atoms with Gasteiger partial charge in [-0.05, 0) is 24.8 Å². The van der Waals surface area contributed by atoms with Gasteiger partial charge in [0.15, 0.2) is 0 Å². The SMILES string of the molecule is CC1CCN(c2ccnc(NN)n2)CC1. The third kappa shape index (κ3) is 2.36. The van der Waals surface area contributed by atoms with Crippen molar-refractivity contribution in [2.75, 3.05) is 23.4 Å². The molecule has 15 heavy (non-hydrogen) atoms. The van der Waals surface area contributed by atoms with E-state index in [2.05, 4.69) is 27.2 Å². The van der Waals surface area contributed by atoms with Crippen molar-refractivity contribution in [1.29, 1.82) is 0 Å². The van der Waals surface area contributed by atoms with Gasteiger partial charge in [0.1, 0.15) is 5.82 Å². The van der Waals surface area contributed by atoms with E-state index in [-0.39, 0.29) is 0 Å². The standard InChI is InChI=1S/C10H17N5/c1-8-3-6-15(7-4-8)9-2-5-12-10(13-9)14-11/h2,5,8H,3-4,6-7,11H2,1H3,(H,12,13,14). The number of nitrogens with one attached hydrogen (secondary N) is 1. The van der Waals surface area contributed by atoms with Gasteiger partial charge in [-0.3, -0.25) is 5.43 Å². The molecule has 2 heterocycles. The first kappa shape index (κ1) is 10.2. The quantitative estimate of drug-likeness (QED) is 0.559. The lowest BCUT2D eigenvalue weighted by atomic mass is 9.99. The molecule has 2 rings (SSSR count). The lowest BCUT2D eigenvalue weighted by Gasteiger charge is -2.31. The fourth-order valence-corrected chi connectivity index (χ4v) is 1.83. The highest BCUT2D eigenvalue weighted by Gasteiger charge is 2.16. The summed E-state index contributed by atoms with van der Waals surface area (Å²) >= 11 is 0. The Morgan fingerprint density at radius 2 is 2.20 bits per heavy atom. The number of hydrazine groups is 1. The van der Waals surface area contributed by atoms with Gasteiger partial charge in [0, 0.05) is 19.3 Å². The Morgan fingerprint density at radius 1 is 1.47 bits per heavy atom. The molecular weight excluding hydrogens is 190 g/mol. The molecule has 0 atom stereocenters.